The first-order valence-corrected chi connectivity index (χ1v) is 6.66. The fraction of sp³-hybridized carbons (Fsp3) is 0.467. The highest BCUT2D eigenvalue weighted by Gasteiger charge is 2.26. The maximum atomic E-state index is 6.02. The summed E-state index contributed by atoms with van der Waals surface area (Å²) in [6.45, 7) is 0.770. The van der Waals surface area contributed by atoms with Crippen molar-refractivity contribution < 1.29 is 0 Å². The second-order valence-electron chi connectivity index (χ2n) is 5.18. The summed E-state index contributed by atoms with van der Waals surface area (Å²) in [5.41, 5.74) is 8.68. The van der Waals surface area contributed by atoms with E-state index >= 15 is 0 Å². The third kappa shape index (κ3) is 1.87. The van der Waals surface area contributed by atoms with E-state index in [1.165, 1.54) is 42.1 Å². The predicted molar refractivity (Wildman–Crippen MR) is 72.1 cm³/mol. The van der Waals surface area contributed by atoms with Crippen molar-refractivity contribution in [1.29, 1.82) is 0 Å². The van der Waals surface area contributed by atoms with Crippen LogP contribution in [0.1, 0.15) is 37.2 Å². The summed E-state index contributed by atoms with van der Waals surface area (Å²) < 4.78 is 0. The van der Waals surface area contributed by atoms with Crippen LogP contribution in [0.2, 0.25) is 0 Å². The summed E-state index contributed by atoms with van der Waals surface area (Å²) in [6, 6.07) is 8.54. The van der Waals surface area contributed by atoms with Crippen LogP contribution in [0.15, 0.2) is 30.5 Å². The van der Waals surface area contributed by atoms with Gasteiger partial charge in [0, 0.05) is 23.0 Å². The molecule has 1 heterocycles. The zero-order chi connectivity index (χ0) is 11.7. The summed E-state index contributed by atoms with van der Waals surface area (Å²) in [7, 11) is 0. The quantitative estimate of drug-likeness (QED) is 0.830. The number of hydrogen-bond acceptors (Lipinski definition) is 1. The van der Waals surface area contributed by atoms with Crippen molar-refractivity contribution in [3.05, 3.63) is 36.0 Å². The van der Waals surface area contributed by atoms with E-state index < -0.39 is 0 Å². The second kappa shape index (κ2) is 4.53. The lowest BCUT2D eigenvalue weighted by Gasteiger charge is -2.21. The molecule has 1 aliphatic carbocycles. The van der Waals surface area contributed by atoms with Gasteiger partial charge in [0.15, 0.2) is 0 Å². The van der Waals surface area contributed by atoms with E-state index in [2.05, 4.69) is 35.4 Å². The first-order chi connectivity index (χ1) is 8.40. The largest absolute Gasteiger partial charge is 0.361 e. The lowest BCUT2D eigenvalue weighted by Crippen LogP contribution is -2.19. The third-order valence-corrected chi connectivity index (χ3v) is 4.24. The van der Waals surface area contributed by atoms with Gasteiger partial charge in [-0.05, 0) is 36.9 Å². The Balaban J connectivity index is 2.00. The summed E-state index contributed by atoms with van der Waals surface area (Å²) >= 11 is 0. The maximum absolute atomic E-state index is 6.02. The zero-order valence-electron chi connectivity index (χ0n) is 10.2. The van der Waals surface area contributed by atoms with E-state index in [1.54, 1.807) is 0 Å². The summed E-state index contributed by atoms with van der Waals surface area (Å²) in [5.74, 6) is 1.33. The number of benzene rings is 1. The molecule has 2 nitrogen and oxygen atoms in total. The smallest absolute Gasteiger partial charge is 0.0456 e. The predicted octanol–water partition coefficient (Wildman–Crippen LogP) is 3.40. The first-order valence-electron chi connectivity index (χ1n) is 6.66. The molecule has 2 heteroatoms. The molecule has 3 N–H and O–H groups in total. The van der Waals surface area contributed by atoms with E-state index in [-0.39, 0.29) is 0 Å². The number of nitrogens with two attached hydrogens (primary N) is 1. The third-order valence-electron chi connectivity index (χ3n) is 4.24. The van der Waals surface area contributed by atoms with Crippen LogP contribution in [-0.4, -0.2) is 11.5 Å². The second-order valence-corrected chi connectivity index (χ2v) is 5.18. The molecule has 1 unspecified atom stereocenters. The normalized spacial score (nSPS) is 18.9. The van der Waals surface area contributed by atoms with E-state index in [0.717, 1.165) is 12.5 Å². The minimum absolute atomic E-state index is 0.536. The number of hydrogen-bond donors (Lipinski definition) is 2. The number of aromatic amines is 1. The van der Waals surface area contributed by atoms with Gasteiger partial charge in [0.1, 0.15) is 0 Å². The zero-order valence-corrected chi connectivity index (χ0v) is 10.2. The molecule has 0 bridgehead atoms. The Morgan fingerprint density at radius 3 is 2.76 bits per heavy atom. The Labute approximate surface area is 102 Å². The molecule has 2 aromatic rings. The molecule has 1 aromatic carbocycles. The van der Waals surface area contributed by atoms with Crippen LogP contribution in [0.3, 0.4) is 0 Å². The molecule has 0 amide bonds. The van der Waals surface area contributed by atoms with E-state index in [1.807, 2.05) is 0 Å². The molecule has 1 aromatic heterocycles. The topological polar surface area (TPSA) is 41.8 Å². The molecule has 1 atom stereocenters. The Morgan fingerprint density at radius 2 is 2.00 bits per heavy atom. The van der Waals surface area contributed by atoms with Gasteiger partial charge in [-0.2, -0.15) is 0 Å². The first kappa shape index (κ1) is 10.8. The van der Waals surface area contributed by atoms with Crippen molar-refractivity contribution in [3.8, 4) is 0 Å². The van der Waals surface area contributed by atoms with Crippen LogP contribution < -0.4 is 5.73 Å². The highest BCUT2D eigenvalue weighted by Crippen LogP contribution is 2.39. The van der Waals surface area contributed by atoms with Crippen molar-refractivity contribution in [2.75, 3.05) is 6.54 Å². The minimum Gasteiger partial charge on any atom is -0.361 e. The van der Waals surface area contributed by atoms with Crippen molar-refractivity contribution in [2.24, 2.45) is 11.7 Å². The molecule has 90 valence electrons. The molecule has 3 rings (SSSR count). The van der Waals surface area contributed by atoms with Gasteiger partial charge in [-0.15, -0.1) is 0 Å². The number of H-pyrrole nitrogens is 1. The highest BCUT2D eigenvalue weighted by atomic mass is 14.7. The molecule has 0 saturated heterocycles. The van der Waals surface area contributed by atoms with Gasteiger partial charge in [-0.3, -0.25) is 0 Å². The molecule has 0 aliphatic heterocycles. The summed E-state index contributed by atoms with van der Waals surface area (Å²) in [4.78, 5) is 3.37. The molecule has 17 heavy (non-hydrogen) atoms. The highest BCUT2D eigenvalue weighted by molar-refractivity contribution is 5.83. The molecular weight excluding hydrogens is 208 g/mol. The summed E-state index contributed by atoms with van der Waals surface area (Å²) in [5, 5.41) is 1.36. The van der Waals surface area contributed by atoms with E-state index in [0.29, 0.717) is 5.92 Å². The van der Waals surface area contributed by atoms with Crippen LogP contribution in [0, 0.1) is 5.92 Å². The Bertz CT molecular complexity index is 494. The number of fused-ring (bicyclic) bond motifs is 1. The van der Waals surface area contributed by atoms with Crippen molar-refractivity contribution in [1.82, 2.24) is 4.98 Å². The van der Waals surface area contributed by atoms with Crippen molar-refractivity contribution in [2.45, 2.75) is 31.6 Å². The van der Waals surface area contributed by atoms with Crippen LogP contribution in [0.4, 0.5) is 0 Å². The molecule has 0 radical (unpaired) electrons. The van der Waals surface area contributed by atoms with E-state index in [4.69, 9.17) is 5.73 Å². The Hall–Kier alpha value is -1.28. The van der Waals surface area contributed by atoms with Crippen LogP contribution in [0.5, 0.6) is 0 Å². The van der Waals surface area contributed by atoms with Gasteiger partial charge < -0.3 is 10.7 Å². The number of nitrogens with one attached hydrogen (secondary N) is 1. The maximum Gasteiger partial charge on any atom is 0.0456 e. The van der Waals surface area contributed by atoms with Gasteiger partial charge in [0.05, 0.1) is 0 Å². The molecule has 0 spiro atoms. The Morgan fingerprint density at radius 1 is 1.24 bits per heavy atom. The van der Waals surface area contributed by atoms with Gasteiger partial charge >= 0.3 is 0 Å². The molecular formula is C15H20N2. The van der Waals surface area contributed by atoms with Crippen LogP contribution >= 0.6 is 0 Å². The number of aromatic nitrogens is 1. The fourth-order valence-electron chi connectivity index (χ4n) is 3.33. The Kier molecular flexibility index (Phi) is 2.89. The van der Waals surface area contributed by atoms with Gasteiger partial charge in [-0.1, -0.05) is 31.0 Å². The van der Waals surface area contributed by atoms with Crippen molar-refractivity contribution >= 4 is 10.9 Å². The van der Waals surface area contributed by atoms with Crippen LogP contribution in [0.25, 0.3) is 10.9 Å². The van der Waals surface area contributed by atoms with Gasteiger partial charge in [0.2, 0.25) is 0 Å². The minimum atomic E-state index is 0.536. The summed E-state index contributed by atoms with van der Waals surface area (Å²) in [6.07, 6.45) is 7.62. The fourth-order valence-corrected chi connectivity index (χ4v) is 3.33. The molecule has 1 fully saturated rings. The lowest BCUT2D eigenvalue weighted by atomic mass is 9.85. The number of rotatable bonds is 3. The molecule has 1 aliphatic rings. The number of para-hydroxylation sites is 1. The average Bonchev–Trinajstić information content (AvgIpc) is 3.01. The SMILES string of the molecule is NCC(c1c[nH]c2ccccc12)C1CCCC1. The van der Waals surface area contributed by atoms with E-state index in [9.17, 15) is 0 Å². The average molecular weight is 228 g/mol. The monoisotopic (exact) mass is 228 g/mol. The standard InChI is InChI=1S/C15H20N2/c16-9-13(11-5-1-2-6-11)14-10-17-15-8-4-3-7-12(14)15/h3-4,7-8,10-11,13,17H,1-2,5-6,9,16H2. The van der Waals surface area contributed by atoms with Gasteiger partial charge in [0.25, 0.3) is 0 Å². The van der Waals surface area contributed by atoms with Crippen LogP contribution in [-0.2, 0) is 0 Å². The lowest BCUT2D eigenvalue weighted by molar-refractivity contribution is 0.442. The van der Waals surface area contributed by atoms with Crippen molar-refractivity contribution in [3.63, 3.8) is 0 Å². The molecule has 1 saturated carbocycles. The van der Waals surface area contributed by atoms with Gasteiger partial charge in [-0.25, -0.2) is 0 Å².